The maximum absolute atomic E-state index is 12.8. The Morgan fingerprint density at radius 3 is 2.31 bits per heavy atom. The average molecular weight is 359 g/mol. The van der Waals surface area contributed by atoms with Gasteiger partial charge in [-0.2, -0.15) is 0 Å². The summed E-state index contributed by atoms with van der Waals surface area (Å²) in [5.74, 6) is 0.927. The van der Waals surface area contributed by atoms with E-state index in [4.69, 9.17) is 11.5 Å². The maximum atomic E-state index is 12.8. The van der Waals surface area contributed by atoms with Crippen LogP contribution in [0.1, 0.15) is 42.6 Å². The van der Waals surface area contributed by atoms with E-state index in [1.165, 1.54) is 6.07 Å². The molecule has 26 heavy (non-hydrogen) atoms. The number of hydrogen-bond donors (Lipinski definition) is 2. The number of pyridine rings is 1. The number of carbonyl (C=O) groups is 2. The van der Waals surface area contributed by atoms with E-state index >= 15 is 0 Å². The van der Waals surface area contributed by atoms with Crippen LogP contribution in [0, 0.1) is 28.4 Å². The second-order valence-corrected chi connectivity index (χ2v) is 9.07. The van der Waals surface area contributed by atoms with Gasteiger partial charge in [-0.3, -0.25) is 9.59 Å². The molecule has 7 nitrogen and oxygen atoms in total. The van der Waals surface area contributed by atoms with E-state index in [1.54, 1.807) is 12.1 Å². The number of primary amides is 2. The molecule has 4 N–H and O–H groups in total. The molecule has 140 valence electrons. The molecule has 5 rings (SSSR count). The van der Waals surface area contributed by atoms with Crippen LogP contribution in [0.5, 0.6) is 0 Å². The fraction of sp³-hybridized carbons (Fsp3) is 0.632. The maximum Gasteiger partial charge on any atom is 0.380 e. The predicted molar refractivity (Wildman–Crippen MR) is 96.5 cm³/mol. The minimum absolute atomic E-state index is 0.0360. The molecule has 0 aliphatic heterocycles. The van der Waals surface area contributed by atoms with Gasteiger partial charge in [0.05, 0.1) is 25.6 Å². The summed E-state index contributed by atoms with van der Waals surface area (Å²) >= 11 is 0. The van der Waals surface area contributed by atoms with Crippen LogP contribution < -0.4 is 20.7 Å². The van der Waals surface area contributed by atoms with E-state index in [1.807, 2.05) is 14.1 Å². The lowest BCUT2D eigenvalue weighted by atomic mass is 9.47. The van der Waals surface area contributed by atoms with Crippen LogP contribution in [0.25, 0.3) is 0 Å². The molecule has 1 aromatic rings. The van der Waals surface area contributed by atoms with Gasteiger partial charge < -0.3 is 16.7 Å². The molecule has 0 spiro atoms. The summed E-state index contributed by atoms with van der Waals surface area (Å²) in [6.07, 6.45) is 4.73. The highest BCUT2D eigenvalue weighted by atomic mass is 16.5. The highest BCUT2D eigenvalue weighted by Crippen LogP contribution is 2.61. The minimum atomic E-state index is -0.723. The molecule has 2 amide bonds. The van der Waals surface area contributed by atoms with Crippen molar-refractivity contribution in [3.05, 3.63) is 29.1 Å². The molecule has 0 saturated heterocycles. The van der Waals surface area contributed by atoms with Crippen molar-refractivity contribution in [3.8, 4) is 0 Å². The van der Waals surface area contributed by atoms with Crippen LogP contribution in [-0.2, 0) is 4.79 Å². The van der Waals surface area contributed by atoms with Crippen molar-refractivity contribution < 1.29 is 14.3 Å². The first-order valence-electron chi connectivity index (χ1n) is 9.32. The monoisotopic (exact) mass is 359 g/mol. The Kier molecular flexibility index (Phi) is 3.60. The fourth-order valence-electron chi connectivity index (χ4n) is 6.60. The van der Waals surface area contributed by atoms with E-state index in [-0.39, 0.29) is 23.1 Å². The Morgan fingerprint density at radius 1 is 1.15 bits per heavy atom. The zero-order valence-corrected chi connectivity index (χ0v) is 15.4. The summed E-state index contributed by atoms with van der Waals surface area (Å²) in [7, 11) is 4.05. The third-order valence-corrected chi connectivity index (χ3v) is 7.26. The van der Waals surface area contributed by atoms with Crippen molar-refractivity contribution in [2.24, 2.45) is 34.6 Å². The van der Waals surface area contributed by atoms with Gasteiger partial charge in [-0.15, -0.1) is 4.73 Å². The van der Waals surface area contributed by atoms with E-state index in [0.717, 1.165) is 32.1 Å². The van der Waals surface area contributed by atoms with Gasteiger partial charge >= 0.3 is 11.7 Å². The first-order chi connectivity index (χ1) is 12.2. The molecule has 4 bridgehead atoms. The Hall–Kier alpha value is -2.15. The number of nitrogens with two attached hydrogens (primary N) is 2. The number of rotatable bonds is 4. The molecule has 0 aromatic carbocycles. The largest absolute Gasteiger partial charge is 0.614 e. The van der Waals surface area contributed by atoms with Crippen molar-refractivity contribution in [1.29, 1.82) is 0 Å². The Morgan fingerprint density at radius 2 is 1.77 bits per heavy atom. The first kappa shape index (κ1) is 17.3. The highest BCUT2D eigenvalue weighted by molar-refractivity contribution is 5.89. The smallest absolute Gasteiger partial charge is 0.380 e. The SMILES string of the molecule is C[N+](C)(c1cccc(C(N)=O)[n+]1[O-])C1C2CC3CC1CC(C(N)=O)(C3)C2. The van der Waals surface area contributed by atoms with Gasteiger partial charge in [-0.05, 0) is 44.1 Å². The van der Waals surface area contributed by atoms with Crippen molar-refractivity contribution in [3.63, 3.8) is 0 Å². The van der Waals surface area contributed by atoms with Gasteiger partial charge in [0.1, 0.15) is 6.04 Å². The fourth-order valence-corrected chi connectivity index (χ4v) is 6.60. The van der Waals surface area contributed by atoms with Crippen molar-refractivity contribution in [2.45, 2.75) is 38.1 Å². The van der Waals surface area contributed by atoms with Crippen LogP contribution in [0.4, 0.5) is 5.82 Å². The van der Waals surface area contributed by atoms with Gasteiger partial charge in [-0.1, -0.05) is 0 Å². The topological polar surface area (TPSA) is 113 Å². The normalized spacial score (nSPS) is 35.5. The van der Waals surface area contributed by atoms with Crippen molar-refractivity contribution >= 4 is 17.6 Å². The molecular formula is C19H27N4O3+. The first-order valence-corrected chi connectivity index (χ1v) is 9.32. The highest BCUT2D eigenvalue weighted by Gasteiger charge is 2.63. The summed E-state index contributed by atoms with van der Waals surface area (Å²) in [6.45, 7) is 0. The quantitative estimate of drug-likeness (QED) is 0.468. The molecule has 7 heteroatoms. The zero-order valence-electron chi connectivity index (χ0n) is 15.4. The number of hydrogen-bond acceptors (Lipinski definition) is 3. The van der Waals surface area contributed by atoms with E-state index in [0.29, 0.717) is 32.8 Å². The lowest BCUT2D eigenvalue weighted by molar-refractivity contribution is -0.602. The van der Waals surface area contributed by atoms with Gasteiger partial charge in [0.15, 0.2) is 0 Å². The number of carbonyl (C=O) groups excluding carboxylic acids is 2. The molecule has 4 saturated carbocycles. The Balaban J connectivity index is 1.73. The average Bonchev–Trinajstić information content (AvgIpc) is 2.53. The van der Waals surface area contributed by atoms with E-state index in [2.05, 4.69) is 0 Å². The number of nitrogens with zero attached hydrogens (tertiary/aromatic N) is 2. The van der Waals surface area contributed by atoms with Crippen LogP contribution in [0.3, 0.4) is 0 Å². The van der Waals surface area contributed by atoms with Crippen LogP contribution >= 0.6 is 0 Å². The third-order valence-electron chi connectivity index (χ3n) is 7.26. The van der Waals surface area contributed by atoms with E-state index in [9.17, 15) is 14.8 Å². The van der Waals surface area contributed by atoms with Crippen molar-refractivity contribution in [2.75, 3.05) is 14.1 Å². The number of aromatic nitrogens is 1. The van der Waals surface area contributed by atoms with Crippen LogP contribution in [0.2, 0.25) is 0 Å². The van der Waals surface area contributed by atoms with Crippen molar-refractivity contribution in [1.82, 2.24) is 4.48 Å². The standard InChI is InChI=1S/C19H26N4O3/c1-23(2,15-5-3-4-14(17(20)24)22(15)26)16-12-6-11-7-13(16)10-19(8-11,9-12)18(21)25/h3-5,11-13,16H,6-10H2,1-2H3,(H3-,20,21,24,25)/p+1. The number of amides is 2. The second kappa shape index (κ2) is 5.42. The number of quaternary nitrogens is 1. The van der Waals surface area contributed by atoms with Crippen LogP contribution in [-0.4, -0.2) is 32.0 Å². The molecule has 4 fully saturated rings. The van der Waals surface area contributed by atoms with Gasteiger partial charge in [-0.25, -0.2) is 4.48 Å². The zero-order chi connectivity index (χ0) is 18.9. The molecule has 2 atom stereocenters. The second-order valence-electron chi connectivity index (χ2n) is 9.07. The molecule has 1 heterocycles. The summed E-state index contributed by atoms with van der Waals surface area (Å²) < 4.78 is 1.07. The summed E-state index contributed by atoms with van der Waals surface area (Å²) in [4.78, 5) is 23.7. The molecule has 1 aromatic heterocycles. The van der Waals surface area contributed by atoms with Gasteiger partial charge in [0.25, 0.3) is 5.69 Å². The minimum Gasteiger partial charge on any atom is -0.614 e. The van der Waals surface area contributed by atoms with E-state index < -0.39 is 5.91 Å². The van der Waals surface area contributed by atoms with Gasteiger partial charge in [0, 0.05) is 17.9 Å². The third kappa shape index (κ3) is 2.26. The summed E-state index contributed by atoms with van der Waals surface area (Å²) in [5, 5.41) is 12.8. The summed E-state index contributed by atoms with van der Waals surface area (Å²) in [6, 6.07) is 5.18. The predicted octanol–water partition coefficient (Wildman–Crippen LogP) is 0.666. The van der Waals surface area contributed by atoms with Gasteiger partial charge in [0.2, 0.25) is 5.91 Å². The molecule has 4 aliphatic rings. The van der Waals surface area contributed by atoms with Crippen LogP contribution in [0.15, 0.2) is 18.2 Å². The Labute approximate surface area is 153 Å². The molecular weight excluding hydrogens is 332 g/mol. The molecule has 0 radical (unpaired) electrons. The lowest BCUT2D eigenvalue weighted by Gasteiger charge is -2.60. The molecule has 4 aliphatic carbocycles. The molecule has 2 unspecified atom stereocenters. The Bertz CT molecular complexity index is 775. The summed E-state index contributed by atoms with van der Waals surface area (Å²) in [5.41, 5.74) is 10.8. The lowest BCUT2D eigenvalue weighted by Crippen LogP contribution is -2.69.